The van der Waals surface area contributed by atoms with Gasteiger partial charge in [-0.1, -0.05) is 47.1 Å². The maximum atomic E-state index is 13.9. The highest BCUT2D eigenvalue weighted by Crippen LogP contribution is 2.27. The van der Waals surface area contributed by atoms with Crippen molar-refractivity contribution in [3.05, 3.63) is 63.9 Å². The molecule has 0 aliphatic carbocycles. The third-order valence-corrected chi connectivity index (χ3v) is 5.08. The Labute approximate surface area is 158 Å². The Hall–Kier alpha value is -1.89. The lowest BCUT2D eigenvalue weighted by molar-refractivity contribution is 0.102. The molecular formula is C17H12Cl2FN3OS. The molecule has 0 radical (unpaired) electrons. The maximum Gasteiger partial charge on any atom is 0.191 e. The fraction of sp³-hybridized carbons (Fsp3) is 0.118. The van der Waals surface area contributed by atoms with E-state index in [0.29, 0.717) is 32.2 Å². The zero-order valence-corrected chi connectivity index (χ0v) is 15.4. The van der Waals surface area contributed by atoms with Gasteiger partial charge in [-0.2, -0.15) is 0 Å². The van der Waals surface area contributed by atoms with Gasteiger partial charge in [0.1, 0.15) is 5.82 Å². The average Bonchev–Trinajstić information content (AvgIpc) is 2.94. The topological polar surface area (TPSA) is 47.8 Å². The monoisotopic (exact) mass is 395 g/mol. The Morgan fingerprint density at radius 2 is 1.96 bits per heavy atom. The molecule has 3 aromatic rings. The van der Waals surface area contributed by atoms with Crippen LogP contribution in [0.2, 0.25) is 10.0 Å². The van der Waals surface area contributed by atoms with Gasteiger partial charge in [0.15, 0.2) is 16.8 Å². The van der Waals surface area contributed by atoms with Gasteiger partial charge >= 0.3 is 0 Å². The number of halogens is 3. The van der Waals surface area contributed by atoms with Gasteiger partial charge in [0.2, 0.25) is 0 Å². The molecule has 0 aliphatic rings. The normalized spacial score (nSPS) is 10.9. The highest BCUT2D eigenvalue weighted by atomic mass is 35.5. The Bertz CT molecular complexity index is 945. The molecule has 0 N–H and O–H groups in total. The Kier molecular flexibility index (Phi) is 5.42. The molecule has 8 heteroatoms. The van der Waals surface area contributed by atoms with Crippen molar-refractivity contribution in [1.29, 1.82) is 0 Å². The number of Topliss-reactive ketones (excluding diaryl/α,β-unsaturated/α-hetero) is 1. The van der Waals surface area contributed by atoms with Crippen LogP contribution in [0.3, 0.4) is 0 Å². The minimum absolute atomic E-state index is 0.130. The van der Waals surface area contributed by atoms with E-state index in [0.717, 1.165) is 0 Å². The first-order chi connectivity index (χ1) is 12.0. The SMILES string of the molecule is Cn1c(SCC(=O)c2ccc(Cl)cc2Cl)nnc1-c1ccccc1F. The molecule has 4 nitrogen and oxygen atoms in total. The molecule has 1 aromatic heterocycles. The lowest BCUT2D eigenvalue weighted by Crippen LogP contribution is -2.05. The van der Waals surface area contributed by atoms with E-state index in [2.05, 4.69) is 10.2 Å². The van der Waals surface area contributed by atoms with Crippen LogP contribution in [0, 0.1) is 5.82 Å². The number of rotatable bonds is 5. The molecule has 0 fully saturated rings. The van der Waals surface area contributed by atoms with Crippen LogP contribution < -0.4 is 0 Å². The fourth-order valence-corrected chi connectivity index (χ4v) is 3.55. The summed E-state index contributed by atoms with van der Waals surface area (Å²) in [7, 11) is 1.73. The van der Waals surface area contributed by atoms with Crippen molar-refractivity contribution in [2.45, 2.75) is 5.16 Å². The first-order valence-corrected chi connectivity index (χ1v) is 8.97. The van der Waals surface area contributed by atoms with Crippen LogP contribution in [0.1, 0.15) is 10.4 Å². The standard InChI is InChI=1S/C17H12Cl2FN3OS/c1-23-16(12-4-2-3-5-14(12)20)21-22-17(23)25-9-15(24)11-7-6-10(18)8-13(11)19/h2-8H,9H2,1H3. The zero-order valence-electron chi connectivity index (χ0n) is 13.0. The summed E-state index contributed by atoms with van der Waals surface area (Å²) in [6, 6.07) is 11.1. The van der Waals surface area contributed by atoms with Gasteiger partial charge in [0.25, 0.3) is 0 Å². The predicted molar refractivity (Wildman–Crippen MR) is 97.9 cm³/mol. The van der Waals surface area contributed by atoms with Crippen LogP contribution in [0.15, 0.2) is 47.6 Å². The second-order valence-electron chi connectivity index (χ2n) is 5.18. The number of hydrogen-bond acceptors (Lipinski definition) is 4. The van der Waals surface area contributed by atoms with Crippen molar-refractivity contribution in [3.8, 4) is 11.4 Å². The van der Waals surface area contributed by atoms with Crippen molar-refractivity contribution >= 4 is 40.7 Å². The summed E-state index contributed by atoms with van der Waals surface area (Å²) in [4.78, 5) is 12.3. The number of benzene rings is 2. The lowest BCUT2D eigenvalue weighted by Gasteiger charge is -2.05. The molecule has 0 aliphatic heterocycles. The van der Waals surface area contributed by atoms with E-state index in [1.54, 1.807) is 41.9 Å². The van der Waals surface area contributed by atoms with E-state index < -0.39 is 0 Å². The fourth-order valence-electron chi connectivity index (χ4n) is 2.24. The summed E-state index contributed by atoms with van der Waals surface area (Å²) >= 11 is 13.1. The molecule has 128 valence electrons. The molecule has 3 rings (SSSR count). The summed E-state index contributed by atoms with van der Waals surface area (Å²) in [5, 5.41) is 9.35. The van der Waals surface area contributed by atoms with Gasteiger partial charge in [-0.3, -0.25) is 4.79 Å². The summed E-state index contributed by atoms with van der Waals surface area (Å²) in [5.41, 5.74) is 0.756. The largest absolute Gasteiger partial charge is 0.305 e. The number of hydrogen-bond donors (Lipinski definition) is 0. The van der Waals surface area contributed by atoms with E-state index in [9.17, 15) is 9.18 Å². The van der Waals surface area contributed by atoms with Gasteiger partial charge in [-0.25, -0.2) is 4.39 Å². The first kappa shape index (κ1) is 17.9. The molecule has 25 heavy (non-hydrogen) atoms. The number of nitrogens with zero attached hydrogens (tertiary/aromatic N) is 3. The van der Waals surface area contributed by atoms with Crippen LogP contribution in [-0.4, -0.2) is 26.3 Å². The van der Waals surface area contributed by atoms with Gasteiger partial charge in [-0.05, 0) is 30.3 Å². The van der Waals surface area contributed by atoms with Crippen molar-refractivity contribution in [1.82, 2.24) is 14.8 Å². The van der Waals surface area contributed by atoms with Crippen LogP contribution in [0.5, 0.6) is 0 Å². The van der Waals surface area contributed by atoms with E-state index >= 15 is 0 Å². The summed E-state index contributed by atoms with van der Waals surface area (Å²) in [5.74, 6) is 0.00295. The second kappa shape index (κ2) is 7.56. The smallest absolute Gasteiger partial charge is 0.191 e. The van der Waals surface area contributed by atoms with Crippen molar-refractivity contribution in [3.63, 3.8) is 0 Å². The molecule has 0 saturated carbocycles. The molecule has 0 amide bonds. The van der Waals surface area contributed by atoms with Crippen LogP contribution in [-0.2, 0) is 7.05 Å². The van der Waals surface area contributed by atoms with E-state index in [1.165, 1.54) is 23.9 Å². The maximum absolute atomic E-state index is 13.9. The molecular weight excluding hydrogens is 384 g/mol. The summed E-state index contributed by atoms with van der Waals surface area (Å²) in [6.07, 6.45) is 0. The quantitative estimate of drug-likeness (QED) is 0.455. The highest BCUT2D eigenvalue weighted by Gasteiger charge is 2.17. The van der Waals surface area contributed by atoms with Crippen molar-refractivity contribution in [2.24, 2.45) is 7.05 Å². The van der Waals surface area contributed by atoms with Crippen LogP contribution in [0.25, 0.3) is 11.4 Å². The van der Waals surface area contributed by atoms with Crippen molar-refractivity contribution in [2.75, 3.05) is 5.75 Å². The Balaban J connectivity index is 1.76. The lowest BCUT2D eigenvalue weighted by atomic mass is 10.1. The van der Waals surface area contributed by atoms with E-state index in [4.69, 9.17) is 23.2 Å². The van der Waals surface area contributed by atoms with Gasteiger partial charge in [0, 0.05) is 17.6 Å². The molecule has 2 aromatic carbocycles. The van der Waals surface area contributed by atoms with E-state index in [-0.39, 0.29) is 17.4 Å². The minimum Gasteiger partial charge on any atom is -0.305 e. The highest BCUT2D eigenvalue weighted by molar-refractivity contribution is 7.99. The number of carbonyl (C=O) groups is 1. The zero-order chi connectivity index (χ0) is 18.0. The van der Waals surface area contributed by atoms with Crippen LogP contribution >= 0.6 is 35.0 Å². The molecule has 0 bridgehead atoms. The van der Waals surface area contributed by atoms with Gasteiger partial charge in [-0.15, -0.1) is 10.2 Å². The molecule has 0 spiro atoms. The summed E-state index contributed by atoms with van der Waals surface area (Å²) in [6.45, 7) is 0. The molecule has 1 heterocycles. The minimum atomic E-state index is -0.376. The summed E-state index contributed by atoms with van der Waals surface area (Å²) < 4.78 is 15.6. The first-order valence-electron chi connectivity index (χ1n) is 7.22. The Morgan fingerprint density at radius 3 is 2.68 bits per heavy atom. The number of thioether (sulfide) groups is 1. The van der Waals surface area contributed by atoms with Crippen molar-refractivity contribution < 1.29 is 9.18 Å². The van der Waals surface area contributed by atoms with E-state index in [1.807, 2.05) is 0 Å². The average molecular weight is 396 g/mol. The third kappa shape index (κ3) is 3.86. The number of ketones is 1. The Morgan fingerprint density at radius 1 is 1.20 bits per heavy atom. The second-order valence-corrected chi connectivity index (χ2v) is 6.97. The molecule has 0 unspecified atom stereocenters. The van der Waals surface area contributed by atoms with Gasteiger partial charge < -0.3 is 4.57 Å². The molecule has 0 atom stereocenters. The number of aromatic nitrogens is 3. The number of carbonyl (C=O) groups excluding carboxylic acids is 1. The van der Waals surface area contributed by atoms with Gasteiger partial charge in [0.05, 0.1) is 16.3 Å². The third-order valence-electron chi connectivity index (χ3n) is 3.51. The predicted octanol–water partition coefficient (Wildman–Crippen LogP) is 4.90. The van der Waals surface area contributed by atoms with Crippen LogP contribution in [0.4, 0.5) is 4.39 Å². The molecule has 0 saturated heterocycles.